The van der Waals surface area contributed by atoms with Gasteiger partial charge in [0.1, 0.15) is 0 Å². The monoisotopic (exact) mass is 308 g/mol. The number of rotatable bonds is 3. The molecule has 114 valence electrons. The smallest absolute Gasteiger partial charge is 0.308 e. The number of carboxylic acid groups (broad SMARTS) is 1. The van der Waals surface area contributed by atoms with Crippen LogP contribution in [0.5, 0.6) is 0 Å². The zero-order chi connectivity index (χ0) is 15.6. The Labute approximate surface area is 128 Å². The van der Waals surface area contributed by atoms with Crippen LogP contribution in [0.1, 0.15) is 37.1 Å². The molecule has 1 fully saturated rings. The third kappa shape index (κ3) is 3.91. The molecule has 0 saturated carbocycles. The van der Waals surface area contributed by atoms with Gasteiger partial charge in [0.25, 0.3) is 0 Å². The van der Waals surface area contributed by atoms with Gasteiger partial charge >= 0.3 is 5.97 Å². The average molecular weight is 308 g/mol. The van der Waals surface area contributed by atoms with Gasteiger partial charge in [-0.1, -0.05) is 20.8 Å². The standard InChI is InChI=1S/C15H20N2O3S/c1-15(2,3)14-16-8-11(21-14)4-5-12(18)17-7-6-10(9-17)13(19)20/h4-5,8,10H,6-7,9H2,1-3H3,(H,19,20)/b5-4+. The maximum absolute atomic E-state index is 12.0. The van der Waals surface area contributed by atoms with E-state index in [0.29, 0.717) is 19.5 Å². The van der Waals surface area contributed by atoms with Crippen LogP contribution < -0.4 is 0 Å². The second-order valence-corrected chi connectivity index (χ2v) is 7.32. The molecular formula is C15H20N2O3S. The fourth-order valence-electron chi connectivity index (χ4n) is 2.13. The first kappa shape index (κ1) is 15.7. The predicted octanol–water partition coefficient (Wildman–Crippen LogP) is 2.39. The molecule has 2 heterocycles. The molecule has 5 nitrogen and oxygen atoms in total. The molecule has 0 aromatic carbocycles. The molecule has 1 unspecified atom stereocenters. The van der Waals surface area contributed by atoms with Crippen LogP contribution >= 0.6 is 11.3 Å². The summed E-state index contributed by atoms with van der Waals surface area (Å²) in [6.45, 7) is 7.10. The molecule has 1 N–H and O–H groups in total. The van der Waals surface area contributed by atoms with Crippen LogP contribution in [0.3, 0.4) is 0 Å². The van der Waals surface area contributed by atoms with Gasteiger partial charge in [0, 0.05) is 35.7 Å². The molecule has 21 heavy (non-hydrogen) atoms. The first-order valence-corrected chi connectivity index (χ1v) is 7.75. The van der Waals surface area contributed by atoms with E-state index in [4.69, 9.17) is 5.11 Å². The normalized spacial score (nSPS) is 19.4. The number of carbonyl (C=O) groups excluding carboxylic acids is 1. The molecule has 1 aliphatic heterocycles. The third-order valence-electron chi connectivity index (χ3n) is 3.40. The number of carboxylic acids is 1. The van der Waals surface area contributed by atoms with E-state index in [0.717, 1.165) is 9.88 Å². The Bertz CT molecular complexity index is 572. The van der Waals surface area contributed by atoms with E-state index in [1.54, 1.807) is 28.5 Å². The van der Waals surface area contributed by atoms with Crippen LogP contribution in [0.4, 0.5) is 0 Å². The minimum Gasteiger partial charge on any atom is -0.481 e. The van der Waals surface area contributed by atoms with Crippen LogP contribution in [-0.2, 0) is 15.0 Å². The predicted molar refractivity (Wildman–Crippen MR) is 82.2 cm³/mol. The topological polar surface area (TPSA) is 70.5 Å². The lowest BCUT2D eigenvalue weighted by atomic mass is 9.98. The molecule has 2 rings (SSSR count). The summed E-state index contributed by atoms with van der Waals surface area (Å²) in [5.41, 5.74) is 0.00439. The SMILES string of the molecule is CC(C)(C)c1ncc(/C=C/C(=O)N2CCC(C(=O)O)C2)s1. The summed E-state index contributed by atoms with van der Waals surface area (Å²) in [5.74, 6) is -1.39. The summed E-state index contributed by atoms with van der Waals surface area (Å²) in [4.78, 5) is 29.8. The second kappa shape index (κ2) is 5.97. The number of hydrogen-bond donors (Lipinski definition) is 1. The number of amides is 1. The fraction of sp³-hybridized carbons (Fsp3) is 0.533. The van der Waals surface area contributed by atoms with Crippen molar-refractivity contribution in [3.63, 3.8) is 0 Å². The molecule has 0 radical (unpaired) electrons. The number of aromatic nitrogens is 1. The average Bonchev–Trinajstić information content (AvgIpc) is 3.04. The number of likely N-dealkylation sites (tertiary alicyclic amines) is 1. The summed E-state index contributed by atoms with van der Waals surface area (Å²) in [5, 5.41) is 9.97. The van der Waals surface area contributed by atoms with Gasteiger partial charge < -0.3 is 10.0 Å². The van der Waals surface area contributed by atoms with E-state index in [-0.39, 0.29) is 11.3 Å². The van der Waals surface area contributed by atoms with Crippen LogP contribution in [0, 0.1) is 5.92 Å². The lowest BCUT2D eigenvalue weighted by Gasteiger charge is -2.13. The van der Waals surface area contributed by atoms with Gasteiger partial charge in [-0.05, 0) is 12.5 Å². The number of carbonyl (C=O) groups is 2. The Hall–Kier alpha value is -1.69. The quantitative estimate of drug-likeness (QED) is 0.870. The lowest BCUT2D eigenvalue weighted by molar-refractivity contribution is -0.141. The van der Waals surface area contributed by atoms with Crippen LogP contribution in [0.15, 0.2) is 12.3 Å². The second-order valence-electron chi connectivity index (χ2n) is 6.26. The highest BCUT2D eigenvalue weighted by Crippen LogP contribution is 2.27. The summed E-state index contributed by atoms with van der Waals surface area (Å²) < 4.78 is 0. The molecule has 0 aliphatic carbocycles. The summed E-state index contributed by atoms with van der Waals surface area (Å²) in [6.07, 6.45) is 5.55. The van der Waals surface area contributed by atoms with Crippen molar-refractivity contribution in [3.8, 4) is 0 Å². The van der Waals surface area contributed by atoms with Crippen LogP contribution in [0.2, 0.25) is 0 Å². The minimum atomic E-state index is -0.827. The highest BCUT2D eigenvalue weighted by molar-refractivity contribution is 7.12. The molecule has 0 bridgehead atoms. The number of hydrogen-bond acceptors (Lipinski definition) is 4. The van der Waals surface area contributed by atoms with Crippen molar-refractivity contribution in [2.75, 3.05) is 13.1 Å². The number of thiazole rings is 1. The van der Waals surface area contributed by atoms with Crippen molar-refractivity contribution in [2.24, 2.45) is 5.92 Å². The largest absolute Gasteiger partial charge is 0.481 e. The molecule has 1 aromatic heterocycles. The molecule has 0 spiro atoms. The van der Waals surface area contributed by atoms with E-state index in [1.165, 1.54) is 6.08 Å². The van der Waals surface area contributed by atoms with E-state index in [1.807, 2.05) is 0 Å². The minimum absolute atomic E-state index is 0.00439. The zero-order valence-corrected chi connectivity index (χ0v) is 13.3. The van der Waals surface area contributed by atoms with Gasteiger partial charge in [0.15, 0.2) is 0 Å². The first-order valence-electron chi connectivity index (χ1n) is 6.93. The summed E-state index contributed by atoms with van der Waals surface area (Å²) in [7, 11) is 0. The molecular weight excluding hydrogens is 288 g/mol. The van der Waals surface area contributed by atoms with Crippen molar-refractivity contribution >= 4 is 29.3 Å². The third-order valence-corrected chi connectivity index (χ3v) is 4.79. The molecule has 6 heteroatoms. The Morgan fingerprint density at radius 1 is 1.48 bits per heavy atom. The van der Waals surface area contributed by atoms with Crippen molar-refractivity contribution in [1.82, 2.24) is 9.88 Å². The van der Waals surface area contributed by atoms with E-state index < -0.39 is 11.9 Å². The summed E-state index contributed by atoms with van der Waals surface area (Å²) in [6, 6.07) is 0. The van der Waals surface area contributed by atoms with Gasteiger partial charge in [-0.3, -0.25) is 9.59 Å². The van der Waals surface area contributed by atoms with Crippen molar-refractivity contribution < 1.29 is 14.7 Å². The molecule has 1 saturated heterocycles. The van der Waals surface area contributed by atoms with Gasteiger partial charge in [-0.15, -0.1) is 11.3 Å². The van der Waals surface area contributed by atoms with Crippen molar-refractivity contribution in [3.05, 3.63) is 22.2 Å². The van der Waals surface area contributed by atoms with Gasteiger partial charge in [-0.2, -0.15) is 0 Å². The maximum atomic E-state index is 12.0. The molecule has 1 amide bonds. The van der Waals surface area contributed by atoms with Gasteiger partial charge in [-0.25, -0.2) is 4.98 Å². The first-order chi connectivity index (χ1) is 9.77. The Morgan fingerprint density at radius 2 is 2.19 bits per heavy atom. The van der Waals surface area contributed by atoms with Gasteiger partial charge in [0.2, 0.25) is 5.91 Å². The Kier molecular flexibility index (Phi) is 4.46. The van der Waals surface area contributed by atoms with E-state index >= 15 is 0 Å². The Balaban J connectivity index is 1.97. The van der Waals surface area contributed by atoms with E-state index in [9.17, 15) is 9.59 Å². The molecule has 1 aliphatic rings. The highest BCUT2D eigenvalue weighted by Gasteiger charge is 2.29. The number of aliphatic carboxylic acids is 1. The Morgan fingerprint density at radius 3 is 2.71 bits per heavy atom. The van der Waals surface area contributed by atoms with Crippen LogP contribution in [-0.4, -0.2) is 40.0 Å². The van der Waals surface area contributed by atoms with Gasteiger partial charge in [0.05, 0.1) is 10.9 Å². The zero-order valence-electron chi connectivity index (χ0n) is 12.5. The van der Waals surface area contributed by atoms with Crippen molar-refractivity contribution in [1.29, 1.82) is 0 Å². The maximum Gasteiger partial charge on any atom is 0.308 e. The molecule has 1 aromatic rings. The van der Waals surface area contributed by atoms with Crippen molar-refractivity contribution in [2.45, 2.75) is 32.6 Å². The lowest BCUT2D eigenvalue weighted by Crippen LogP contribution is -2.28. The highest BCUT2D eigenvalue weighted by atomic mass is 32.1. The van der Waals surface area contributed by atoms with Crippen LogP contribution in [0.25, 0.3) is 6.08 Å². The van der Waals surface area contributed by atoms with E-state index in [2.05, 4.69) is 25.8 Å². The summed E-state index contributed by atoms with van der Waals surface area (Å²) >= 11 is 1.57. The number of nitrogens with zero attached hydrogens (tertiary/aromatic N) is 2. The molecule has 1 atom stereocenters. The fourth-order valence-corrected chi connectivity index (χ4v) is 3.01.